The van der Waals surface area contributed by atoms with E-state index in [1.807, 2.05) is 42.6 Å². The average Bonchev–Trinajstić information content (AvgIpc) is 2.59. The molecule has 1 aromatic carbocycles. The van der Waals surface area contributed by atoms with Gasteiger partial charge in [-0.05, 0) is 24.5 Å². The molecule has 1 aliphatic rings. The van der Waals surface area contributed by atoms with Crippen molar-refractivity contribution >= 4 is 6.21 Å². The van der Waals surface area contributed by atoms with Crippen LogP contribution in [0.4, 0.5) is 0 Å². The van der Waals surface area contributed by atoms with Crippen LogP contribution in [-0.2, 0) is 0 Å². The number of hydrogen-bond donors (Lipinski definition) is 0. The van der Waals surface area contributed by atoms with Crippen LogP contribution in [0.15, 0.2) is 59.2 Å². The largest absolute Gasteiger partial charge is 0.257 e. The second-order valence-electron chi connectivity index (χ2n) is 5.91. The van der Waals surface area contributed by atoms with Crippen molar-refractivity contribution in [2.24, 2.45) is 10.4 Å². The molecule has 0 saturated heterocycles. The fourth-order valence-corrected chi connectivity index (χ4v) is 2.64. The van der Waals surface area contributed by atoms with E-state index in [1.165, 1.54) is 19.3 Å². The van der Waals surface area contributed by atoms with Crippen LogP contribution in [0.5, 0.6) is 0 Å². The number of aliphatic imine (C=N–C) groups is 1. The predicted molar refractivity (Wildman–Crippen MR) is 92.7 cm³/mol. The molecule has 2 rings (SSSR count). The minimum absolute atomic E-state index is 0.320. The maximum Gasteiger partial charge on any atom is 0.0792 e. The summed E-state index contributed by atoms with van der Waals surface area (Å²) >= 11 is 0. The van der Waals surface area contributed by atoms with Crippen molar-refractivity contribution < 1.29 is 0 Å². The zero-order valence-corrected chi connectivity index (χ0v) is 13.3. The monoisotopic (exact) mass is 292 g/mol. The van der Waals surface area contributed by atoms with Crippen molar-refractivity contribution in [1.29, 1.82) is 5.26 Å². The summed E-state index contributed by atoms with van der Waals surface area (Å²) in [7, 11) is 0. The van der Waals surface area contributed by atoms with E-state index in [-0.39, 0.29) is 5.41 Å². The third-order valence-electron chi connectivity index (χ3n) is 4.11. The molecule has 114 valence electrons. The highest BCUT2D eigenvalue weighted by Crippen LogP contribution is 2.34. The number of rotatable bonds is 7. The van der Waals surface area contributed by atoms with Crippen LogP contribution >= 0.6 is 0 Å². The molecule has 1 unspecified atom stereocenters. The Morgan fingerprint density at radius 2 is 2.05 bits per heavy atom. The molecule has 22 heavy (non-hydrogen) atoms. The van der Waals surface area contributed by atoms with Crippen LogP contribution in [-0.4, -0.2) is 6.21 Å². The summed E-state index contributed by atoms with van der Waals surface area (Å²) in [5.41, 5.74) is 1.72. The van der Waals surface area contributed by atoms with Crippen LogP contribution in [0, 0.1) is 16.7 Å². The van der Waals surface area contributed by atoms with E-state index in [1.54, 1.807) is 0 Å². The molecule has 0 radical (unpaired) electrons. The Morgan fingerprint density at radius 3 is 2.68 bits per heavy atom. The second kappa shape index (κ2) is 8.34. The quantitative estimate of drug-likeness (QED) is 0.487. The summed E-state index contributed by atoms with van der Waals surface area (Å²) in [5.74, 6) is 0. The molecule has 1 aromatic rings. The van der Waals surface area contributed by atoms with Gasteiger partial charge in [-0.2, -0.15) is 5.26 Å². The minimum Gasteiger partial charge on any atom is -0.257 e. The molecule has 0 spiro atoms. The van der Waals surface area contributed by atoms with E-state index in [2.05, 4.69) is 30.1 Å². The Hall–Kier alpha value is -2.14. The van der Waals surface area contributed by atoms with Crippen molar-refractivity contribution in [3.8, 4) is 6.07 Å². The van der Waals surface area contributed by atoms with E-state index in [0.717, 1.165) is 30.5 Å². The smallest absolute Gasteiger partial charge is 0.0792 e. The molecule has 2 heteroatoms. The molecule has 1 aliphatic carbocycles. The van der Waals surface area contributed by atoms with Crippen LogP contribution in [0.3, 0.4) is 0 Å². The van der Waals surface area contributed by atoms with Gasteiger partial charge in [0, 0.05) is 6.21 Å². The van der Waals surface area contributed by atoms with Crippen LogP contribution in [0.1, 0.15) is 51.0 Å². The first kappa shape index (κ1) is 16.2. The van der Waals surface area contributed by atoms with Crippen molar-refractivity contribution in [1.82, 2.24) is 0 Å². The maximum atomic E-state index is 9.52. The molecule has 0 bridgehead atoms. The Kier molecular flexibility index (Phi) is 6.15. The molecule has 2 nitrogen and oxygen atoms in total. The zero-order valence-electron chi connectivity index (χ0n) is 13.3. The van der Waals surface area contributed by atoms with Gasteiger partial charge in [-0.1, -0.05) is 75.1 Å². The lowest BCUT2D eigenvalue weighted by molar-refractivity contribution is 0.432. The van der Waals surface area contributed by atoms with Gasteiger partial charge in [0.15, 0.2) is 0 Å². The van der Waals surface area contributed by atoms with Crippen molar-refractivity contribution in [2.45, 2.75) is 45.4 Å². The summed E-state index contributed by atoms with van der Waals surface area (Å²) in [6, 6.07) is 12.6. The van der Waals surface area contributed by atoms with Gasteiger partial charge in [-0.25, -0.2) is 0 Å². The normalized spacial score (nSPS) is 20.8. The Bertz CT molecular complexity index is 590. The molecule has 0 aliphatic heterocycles. The number of nitriles is 1. The fourth-order valence-electron chi connectivity index (χ4n) is 2.64. The van der Waals surface area contributed by atoms with Gasteiger partial charge in [0.05, 0.1) is 17.2 Å². The molecular formula is C20H24N2. The van der Waals surface area contributed by atoms with Crippen LogP contribution < -0.4 is 0 Å². The molecule has 0 fully saturated rings. The van der Waals surface area contributed by atoms with E-state index < -0.39 is 0 Å². The first-order chi connectivity index (χ1) is 10.8. The molecule has 0 N–H and O–H groups in total. The number of hydrogen-bond acceptors (Lipinski definition) is 2. The van der Waals surface area contributed by atoms with E-state index in [0.29, 0.717) is 0 Å². The topological polar surface area (TPSA) is 36.1 Å². The van der Waals surface area contributed by atoms with Gasteiger partial charge in [-0.15, -0.1) is 0 Å². The van der Waals surface area contributed by atoms with Gasteiger partial charge in [-0.3, -0.25) is 4.99 Å². The number of nitrogens with zero attached hydrogens (tertiary/aromatic N) is 2. The molecule has 0 heterocycles. The first-order valence-corrected chi connectivity index (χ1v) is 8.18. The third-order valence-corrected chi connectivity index (χ3v) is 4.11. The summed E-state index contributed by atoms with van der Waals surface area (Å²) in [4.78, 5) is 4.50. The Morgan fingerprint density at radius 1 is 1.23 bits per heavy atom. The van der Waals surface area contributed by atoms with Crippen LogP contribution in [0.25, 0.3) is 0 Å². The highest BCUT2D eigenvalue weighted by atomic mass is 14.7. The predicted octanol–water partition coefficient (Wildman–Crippen LogP) is 5.43. The fraction of sp³-hybridized carbons (Fsp3) is 0.400. The van der Waals surface area contributed by atoms with Gasteiger partial charge in [0.2, 0.25) is 0 Å². The summed E-state index contributed by atoms with van der Waals surface area (Å²) < 4.78 is 0. The van der Waals surface area contributed by atoms with E-state index in [9.17, 15) is 5.26 Å². The van der Waals surface area contributed by atoms with Crippen molar-refractivity contribution in [2.75, 3.05) is 0 Å². The lowest BCUT2D eigenvalue weighted by Crippen LogP contribution is -2.17. The highest BCUT2D eigenvalue weighted by molar-refractivity contribution is 5.80. The van der Waals surface area contributed by atoms with E-state index >= 15 is 0 Å². The van der Waals surface area contributed by atoms with Crippen molar-refractivity contribution in [3.63, 3.8) is 0 Å². The Labute approximate surface area is 133 Å². The average molecular weight is 292 g/mol. The van der Waals surface area contributed by atoms with Crippen molar-refractivity contribution in [3.05, 3.63) is 59.8 Å². The van der Waals surface area contributed by atoms with Gasteiger partial charge in [0.25, 0.3) is 0 Å². The van der Waals surface area contributed by atoms with Gasteiger partial charge in [0.1, 0.15) is 0 Å². The molecule has 0 aromatic heterocycles. The molecule has 0 saturated carbocycles. The standard InChI is InChI=1S/C20H24N2/c1-2-3-4-8-13-20(17-21)14-11-19(12-15-20)22-16-18-9-6-5-7-10-18/h5-7,9-12,14,16H,2-4,8,13,15H2,1H3. The number of allylic oxidation sites excluding steroid dienone is 3. The number of benzene rings is 1. The summed E-state index contributed by atoms with van der Waals surface area (Å²) in [6.07, 6.45) is 14.6. The minimum atomic E-state index is -0.320. The zero-order chi connectivity index (χ0) is 15.7. The molecule has 1 atom stereocenters. The summed E-state index contributed by atoms with van der Waals surface area (Å²) in [5, 5.41) is 9.52. The van der Waals surface area contributed by atoms with Gasteiger partial charge >= 0.3 is 0 Å². The van der Waals surface area contributed by atoms with Crippen LogP contribution in [0.2, 0.25) is 0 Å². The maximum absolute atomic E-state index is 9.52. The third kappa shape index (κ3) is 4.70. The lowest BCUT2D eigenvalue weighted by Gasteiger charge is -2.24. The molecule has 0 amide bonds. The lowest BCUT2D eigenvalue weighted by atomic mass is 9.78. The Balaban J connectivity index is 1.92. The highest BCUT2D eigenvalue weighted by Gasteiger charge is 2.27. The summed E-state index contributed by atoms with van der Waals surface area (Å²) in [6.45, 7) is 2.21. The van der Waals surface area contributed by atoms with E-state index in [4.69, 9.17) is 0 Å². The van der Waals surface area contributed by atoms with Gasteiger partial charge < -0.3 is 0 Å². The number of unbranched alkanes of at least 4 members (excludes halogenated alkanes) is 3. The second-order valence-corrected chi connectivity index (χ2v) is 5.91. The first-order valence-electron chi connectivity index (χ1n) is 8.18. The SMILES string of the molecule is CCCCCCC1(C#N)C=CC(N=Cc2ccccc2)=CC1. The molecular weight excluding hydrogens is 268 g/mol.